The van der Waals surface area contributed by atoms with Crippen molar-refractivity contribution in [1.82, 2.24) is 10.2 Å². The van der Waals surface area contributed by atoms with Gasteiger partial charge in [0.25, 0.3) is 0 Å². The third-order valence-corrected chi connectivity index (χ3v) is 3.04. The maximum atomic E-state index is 6.04. The van der Waals surface area contributed by atoms with Crippen molar-refractivity contribution in [1.29, 1.82) is 0 Å². The highest BCUT2D eigenvalue weighted by Crippen LogP contribution is 2.25. The van der Waals surface area contributed by atoms with E-state index in [0.29, 0.717) is 15.2 Å². The molecule has 0 aromatic heterocycles. The molecule has 0 aliphatic rings. The number of thiocarbonyl (C=S) groups is 1. The summed E-state index contributed by atoms with van der Waals surface area (Å²) in [4.78, 5) is 2.13. The van der Waals surface area contributed by atoms with Crippen molar-refractivity contribution in [3.05, 3.63) is 28.2 Å². The van der Waals surface area contributed by atoms with Crippen LogP contribution in [0.5, 0.6) is 0 Å². The molecule has 1 aromatic rings. The largest absolute Gasteiger partial charge is 0.362 e. The monoisotopic (exact) mass is 305 g/mol. The minimum Gasteiger partial charge on any atom is -0.362 e. The van der Waals surface area contributed by atoms with Crippen molar-refractivity contribution in [2.45, 2.75) is 6.42 Å². The summed E-state index contributed by atoms with van der Waals surface area (Å²) in [5.41, 5.74) is 0.756. The molecule has 1 rings (SSSR count). The van der Waals surface area contributed by atoms with Crippen LogP contribution in [0.15, 0.2) is 18.2 Å². The SMILES string of the molecule is CN(C)CCCNC(=S)Nc1ccc(Cl)cc1Cl. The molecule has 0 aliphatic carbocycles. The fourth-order valence-corrected chi connectivity index (χ4v) is 2.02. The van der Waals surface area contributed by atoms with Gasteiger partial charge in [-0.05, 0) is 57.5 Å². The van der Waals surface area contributed by atoms with E-state index in [9.17, 15) is 0 Å². The topological polar surface area (TPSA) is 27.3 Å². The average Bonchev–Trinajstić information content (AvgIpc) is 2.28. The van der Waals surface area contributed by atoms with Gasteiger partial charge in [-0.25, -0.2) is 0 Å². The van der Waals surface area contributed by atoms with Crippen LogP contribution < -0.4 is 10.6 Å². The van der Waals surface area contributed by atoms with Gasteiger partial charge >= 0.3 is 0 Å². The van der Waals surface area contributed by atoms with Crippen LogP contribution in [0.1, 0.15) is 6.42 Å². The second-order valence-electron chi connectivity index (χ2n) is 4.16. The van der Waals surface area contributed by atoms with Gasteiger partial charge in [0.2, 0.25) is 0 Å². The first kappa shape index (κ1) is 15.5. The highest BCUT2D eigenvalue weighted by atomic mass is 35.5. The minimum absolute atomic E-state index is 0.556. The highest BCUT2D eigenvalue weighted by Gasteiger charge is 2.03. The van der Waals surface area contributed by atoms with Crippen molar-refractivity contribution in [3.8, 4) is 0 Å². The van der Waals surface area contributed by atoms with Crippen molar-refractivity contribution >= 4 is 46.2 Å². The van der Waals surface area contributed by atoms with Gasteiger partial charge < -0.3 is 15.5 Å². The van der Waals surface area contributed by atoms with E-state index in [4.69, 9.17) is 35.4 Å². The Kier molecular flexibility index (Phi) is 6.71. The van der Waals surface area contributed by atoms with Gasteiger partial charge in [0, 0.05) is 11.6 Å². The molecule has 0 spiro atoms. The normalized spacial score (nSPS) is 10.5. The minimum atomic E-state index is 0.556. The van der Waals surface area contributed by atoms with Crippen molar-refractivity contribution in [3.63, 3.8) is 0 Å². The fraction of sp³-hybridized carbons (Fsp3) is 0.417. The maximum Gasteiger partial charge on any atom is 0.170 e. The van der Waals surface area contributed by atoms with Crippen LogP contribution in [0.2, 0.25) is 10.0 Å². The molecule has 2 N–H and O–H groups in total. The van der Waals surface area contributed by atoms with Crippen molar-refractivity contribution in [2.24, 2.45) is 0 Å². The molecule has 0 amide bonds. The molecule has 1 aromatic carbocycles. The van der Waals surface area contributed by atoms with E-state index in [1.807, 2.05) is 14.1 Å². The molecule has 0 saturated carbocycles. The average molecular weight is 306 g/mol. The van der Waals surface area contributed by atoms with E-state index in [1.165, 1.54) is 0 Å². The molecule has 100 valence electrons. The van der Waals surface area contributed by atoms with E-state index in [1.54, 1.807) is 18.2 Å². The lowest BCUT2D eigenvalue weighted by atomic mass is 10.3. The molecule has 18 heavy (non-hydrogen) atoms. The number of rotatable bonds is 5. The molecule has 3 nitrogen and oxygen atoms in total. The molecule has 0 unspecified atom stereocenters. The van der Waals surface area contributed by atoms with Crippen LogP contribution in [-0.4, -0.2) is 37.2 Å². The number of nitrogens with one attached hydrogen (secondary N) is 2. The second-order valence-corrected chi connectivity index (χ2v) is 5.41. The van der Waals surface area contributed by atoms with E-state index >= 15 is 0 Å². The molecule has 0 aliphatic heterocycles. The third kappa shape index (κ3) is 5.87. The highest BCUT2D eigenvalue weighted by molar-refractivity contribution is 7.80. The molecule has 0 fully saturated rings. The summed E-state index contributed by atoms with van der Waals surface area (Å²) in [5.74, 6) is 0. The number of hydrogen-bond acceptors (Lipinski definition) is 2. The lowest BCUT2D eigenvalue weighted by molar-refractivity contribution is 0.400. The van der Waals surface area contributed by atoms with E-state index in [-0.39, 0.29) is 0 Å². The lowest BCUT2D eigenvalue weighted by Gasteiger charge is -2.13. The van der Waals surface area contributed by atoms with E-state index in [2.05, 4.69) is 15.5 Å². The second kappa shape index (κ2) is 7.79. The van der Waals surface area contributed by atoms with Crippen LogP contribution in [0, 0.1) is 0 Å². The zero-order valence-corrected chi connectivity index (χ0v) is 12.8. The van der Waals surface area contributed by atoms with Gasteiger partial charge in [0.05, 0.1) is 10.7 Å². The Hall–Kier alpha value is -0.550. The molecule has 0 bridgehead atoms. The van der Waals surface area contributed by atoms with Gasteiger partial charge in [0.15, 0.2) is 5.11 Å². The predicted molar refractivity (Wildman–Crippen MR) is 83.9 cm³/mol. The summed E-state index contributed by atoms with van der Waals surface area (Å²) < 4.78 is 0. The van der Waals surface area contributed by atoms with Gasteiger partial charge in [-0.1, -0.05) is 23.2 Å². The molecule has 0 heterocycles. The Bertz CT molecular complexity index is 410. The number of benzene rings is 1. The van der Waals surface area contributed by atoms with Crippen LogP contribution >= 0.6 is 35.4 Å². The first-order valence-electron chi connectivity index (χ1n) is 5.63. The van der Waals surface area contributed by atoms with Gasteiger partial charge in [0.1, 0.15) is 0 Å². The van der Waals surface area contributed by atoms with E-state index < -0.39 is 0 Å². The standard InChI is InChI=1S/C12H17Cl2N3S/c1-17(2)7-3-6-15-12(18)16-11-5-4-9(13)8-10(11)14/h4-5,8H,3,6-7H2,1-2H3,(H2,15,16,18). The maximum absolute atomic E-state index is 6.04. The third-order valence-electron chi connectivity index (χ3n) is 2.25. The first-order valence-corrected chi connectivity index (χ1v) is 6.80. The van der Waals surface area contributed by atoms with Crippen LogP contribution in [0.25, 0.3) is 0 Å². The summed E-state index contributed by atoms with van der Waals surface area (Å²) in [6.45, 7) is 1.85. The molecular weight excluding hydrogens is 289 g/mol. The molecule has 0 atom stereocenters. The zero-order chi connectivity index (χ0) is 13.5. The first-order chi connectivity index (χ1) is 8.49. The van der Waals surface area contributed by atoms with Gasteiger partial charge in [-0.15, -0.1) is 0 Å². The summed E-state index contributed by atoms with van der Waals surface area (Å²) in [7, 11) is 4.09. The number of nitrogens with zero attached hydrogens (tertiary/aromatic N) is 1. The van der Waals surface area contributed by atoms with Crippen LogP contribution in [0.3, 0.4) is 0 Å². The van der Waals surface area contributed by atoms with Gasteiger partial charge in [-0.3, -0.25) is 0 Å². The van der Waals surface area contributed by atoms with Crippen LogP contribution in [-0.2, 0) is 0 Å². The fourth-order valence-electron chi connectivity index (χ4n) is 1.35. The summed E-state index contributed by atoms with van der Waals surface area (Å²) in [6, 6.07) is 5.25. The molecule has 0 saturated heterocycles. The summed E-state index contributed by atoms with van der Waals surface area (Å²) in [5, 5.41) is 7.90. The predicted octanol–water partition coefficient (Wildman–Crippen LogP) is 3.23. The Balaban J connectivity index is 2.35. The van der Waals surface area contributed by atoms with Crippen molar-refractivity contribution in [2.75, 3.05) is 32.5 Å². The summed E-state index contributed by atoms with van der Waals surface area (Å²) in [6.07, 6.45) is 1.03. The number of hydrogen-bond donors (Lipinski definition) is 2. The van der Waals surface area contributed by atoms with Crippen molar-refractivity contribution < 1.29 is 0 Å². The Labute approximate surface area is 123 Å². The molecule has 6 heteroatoms. The zero-order valence-electron chi connectivity index (χ0n) is 10.5. The Morgan fingerprint density at radius 2 is 2.06 bits per heavy atom. The quantitative estimate of drug-likeness (QED) is 0.645. The lowest BCUT2D eigenvalue weighted by Crippen LogP contribution is -2.30. The molecular formula is C12H17Cl2N3S. The number of anilines is 1. The number of halogens is 2. The Morgan fingerprint density at radius 3 is 2.67 bits per heavy atom. The smallest absolute Gasteiger partial charge is 0.170 e. The van der Waals surface area contributed by atoms with Gasteiger partial charge in [-0.2, -0.15) is 0 Å². The summed E-state index contributed by atoms with van der Waals surface area (Å²) >= 11 is 17.0. The van der Waals surface area contributed by atoms with E-state index in [0.717, 1.165) is 25.2 Å². The Morgan fingerprint density at radius 1 is 1.33 bits per heavy atom. The molecule has 0 radical (unpaired) electrons. The van der Waals surface area contributed by atoms with Crippen LogP contribution in [0.4, 0.5) is 5.69 Å².